The summed E-state index contributed by atoms with van der Waals surface area (Å²) in [6, 6.07) is 4.97. The summed E-state index contributed by atoms with van der Waals surface area (Å²) in [5.74, 6) is -0.00926. The van der Waals surface area contributed by atoms with E-state index in [0.717, 1.165) is 31.2 Å². The lowest BCUT2D eigenvalue weighted by molar-refractivity contribution is -0.134. The Labute approximate surface area is 102 Å². The fraction of sp³-hybridized carbons (Fsp3) is 0.500. The van der Waals surface area contributed by atoms with Crippen LogP contribution in [0.4, 0.5) is 0 Å². The van der Waals surface area contributed by atoms with E-state index in [1.807, 2.05) is 6.92 Å². The molecular weight excluding hydrogens is 216 g/mol. The third-order valence-electron chi connectivity index (χ3n) is 2.57. The predicted molar refractivity (Wildman–Crippen MR) is 67.2 cm³/mol. The molecule has 1 aromatic carbocycles. The van der Waals surface area contributed by atoms with Crippen LogP contribution in [-0.2, 0) is 4.79 Å². The van der Waals surface area contributed by atoms with E-state index in [2.05, 4.69) is 6.92 Å². The molecule has 0 aliphatic heterocycles. The number of phenols is 1. The molecule has 94 valence electrons. The zero-order valence-corrected chi connectivity index (χ0v) is 10.5. The number of esters is 1. The van der Waals surface area contributed by atoms with E-state index in [1.165, 1.54) is 6.07 Å². The molecule has 0 fully saturated rings. The normalized spacial score (nSPS) is 10.2. The van der Waals surface area contributed by atoms with Gasteiger partial charge in [0.2, 0.25) is 0 Å². The molecule has 1 aromatic rings. The topological polar surface area (TPSA) is 46.5 Å². The average Bonchev–Trinajstić information content (AvgIpc) is 2.29. The number of rotatable bonds is 6. The smallest absolute Gasteiger partial charge is 0.311 e. The van der Waals surface area contributed by atoms with Gasteiger partial charge in [0.05, 0.1) is 0 Å². The Morgan fingerprint density at radius 1 is 1.29 bits per heavy atom. The Kier molecular flexibility index (Phi) is 5.53. The monoisotopic (exact) mass is 236 g/mol. The fourth-order valence-corrected chi connectivity index (χ4v) is 1.57. The van der Waals surface area contributed by atoms with Crippen molar-refractivity contribution < 1.29 is 14.6 Å². The van der Waals surface area contributed by atoms with Gasteiger partial charge in [-0.3, -0.25) is 4.79 Å². The van der Waals surface area contributed by atoms with Crippen LogP contribution in [0.25, 0.3) is 0 Å². The van der Waals surface area contributed by atoms with Crippen molar-refractivity contribution in [2.75, 3.05) is 0 Å². The number of aromatic hydroxyl groups is 1. The van der Waals surface area contributed by atoms with Crippen molar-refractivity contribution >= 4 is 5.97 Å². The highest BCUT2D eigenvalue weighted by atomic mass is 16.5. The summed E-state index contributed by atoms with van der Waals surface area (Å²) < 4.78 is 5.12. The molecule has 3 heteroatoms. The zero-order valence-electron chi connectivity index (χ0n) is 10.5. The van der Waals surface area contributed by atoms with Gasteiger partial charge in [0, 0.05) is 6.42 Å². The van der Waals surface area contributed by atoms with E-state index in [9.17, 15) is 9.90 Å². The number of hydrogen-bond donors (Lipinski definition) is 1. The first-order valence-corrected chi connectivity index (χ1v) is 6.13. The Hall–Kier alpha value is -1.51. The summed E-state index contributed by atoms with van der Waals surface area (Å²) in [7, 11) is 0. The largest absolute Gasteiger partial charge is 0.504 e. The van der Waals surface area contributed by atoms with Crippen LogP contribution in [-0.4, -0.2) is 11.1 Å². The van der Waals surface area contributed by atoms with Gasteiger partial charge in [0.1, 0.15) is 0 Å². The van der Waals surface area contributed by atoms with Crippen LogP contribution >= 0.6 is 0 Å². The zero-order chi connectivity index (χ0) is 12.7. The van der Waals surface area contributed by atoms with E-state index in [-0.39, 0.29) is 17.5 Å². The number of carbonyl (C=O) groups is 1. The van der Waals surface area contributed by atoms with Crippen molar-refractivity contribution in [3.63, 3.8) is 0 Å². The first-order valence-electron chi connectivity index (χ1n) is 6.13. The number of benzene rings is 1. The van der Waals surface area contributed by atoms with Gasteiger partial charge >= 0.3 is 5.97 Å². The van der Waals surface area contributed by atoms with E-state index in [0.29, 0.717) is 6.42 Å². The molecule has 0 saturated carbocycles. The molecule has 0 bridgehead atoms. The summed E-state index contributed by atoms with van der Waals surface area (Å²) in [4.78, 5) is 11.5. The molecule has 17 heavy (non-hydrogen) atoms. The highest BCUT2D eigenvalue weighted by Gasteiger charge is 2.08. The molecule has 0 radical (unpaired) electrons. The van der Waals surface area contributed by atoms with E-state index in [1.54, 1.807) is 12.1 Å². The number of aryl methyl sites for hydroxylation is 1. The van der Waals surface area contributed by atoms with Gasteiger partial charge in [0.15, 0.2) is 11.5 Å². The van der Waals surface area contributed by atoms with Gasteiger partial charge in [0.25, 0.3) is 0 Å². The number of carbonyl (C=O) groups excluding carboxylic acids is 1. The summed E-state index contributed by atoms with van der Waals surface area (Å²) in [5, 5.41) is 9.52. The van der Waals surface area contributed by atoms with Gasteiger partial charge < -0.3 is 9.84 Å². The molecule has 0 aliphatic rings. The second-order valence-corrected chi connectivity index (χ2v) is 4.26. The summed E-state index contributed by atoms with van der Waals surface area (Å²) >= 11 is 0. The van der Waals surface area contributed by atoms with E-state index < -0.39 is 0 Å². The molecule has 0 aromatic heterocycles. The molecule has 1 N–H and O–H groups in total. The molecule has 3 nitrogen and oxygen atoms in total. The lowest BCUT2D eigenvalue weighted by atomic mass is 10.1. The average molecular weight is 236 g/mol. The van der Waals surface area contributed by atoms with Gasteiger partial charge in [-0.2, -0.15) is 0 Å². The Bertz CT molecular complexity index is 372. The Balaban J connectivity index is 2.42. The van der Waals surface area contributed by atoms with Gasteiger partial charge in [-0.25, -0.2) is 0 Å². The molecule has 0 spiro atoms. The minimum Gasteiger partial charge on any atom is -0.504 e. The number of ether oxygens (including phenoxy) is 1. The Morgan fingerprint density at radius 3 is 2.76 bits per heavy atom. The number of unbranched alkanes of at least 4 members (excludes halogenated alkanes) is 3. The standard InChI is InChI=1S/C14H20O3/c1-3-4-5-6-7-14(16)17-13-10-11(2)8-9-12(13)15/h8-10,15H,3-7H2,1-2H3. The lowest BCUT2D eigenvalue weighted by Crippen LogP contribution is -2.07. The fourth-order valence-electron chi connectivity index (χ4n) is 1.57. The van der Waals surface area contributed by atoms with Crippen LogP contribution < -0.4 is 4.74 Å². The van der Waals surface area contributed by atoms with Crippen molar-refractivity contribution in [1.82, 2.24) is 0 Å². The van der Waals surface area contributed by atoms with Gasteiger partial charge in [-0.05, 0) is 31.0 Å². The van der Waals surface area contributed by atoms with Crippen molar-refractivity contribution in [1.29, 1.82) is 0 Å². The maximum absolute atomic E-state index is 11.5. The first kappa shape index (κ1) is 13.6. The van der Waals surface area contributed by atoms with Crippen LogP contribution in [0, 0.1) is 6.92 Å². The minimum atomic E-state index is -0.276. The minimum absolute atomic E-state index is 0.0116. The van der Waals surface area contributed by atoms with Crippen LogP contribution in [0.2, 0.25) is 0 Å². The summed E-state index contributed by atoms with van der Waals surface area (Å²) in [5.41, 5.74) is 0.955. The maximum atomic E-state index is 11.5. The van der Waals surface area contributed by atoms with Gasteiger partial charge in [-0.15, -0.1) is 0 Å². The first-order chi connectivity index (χ1) is 8.13. The van der Waals surface area contributed by atoms with Crippen LogP contribution in [0.1, 0.15) is 44.6 Å². The van der Waals surface area contributed by atoms with Crippen molar-refractivity contribution in [2.45, 2.75) is 46.0 Å². The number of hydrogen-bond acceptors (Lipinski definition) is 3. The third kappa shape index (κ3) is 4.89. The molecule has 0 heterocycles. The van der Waals surface area contributed by atoms with Gasteiger partial charge in [-0.1, -0.05) is 32.3 Å². The van der Waals surface area contributed by atoms with Crippen LogP contribution in [0.15, 0.2) is 18.2 Å². The molecule has 1 rings (SSSR count). The molecule has 0 unspecified atom stereocenters. The predicted octanol–water partition coefficient (Wildman–Crippen LogP) is 3.58. The van der Waals surface area contributed by atoms with Crippen LogP contribution in [0.5, 0.6) is 11.5 Å². The molecule has 0 aliphatic carbocycles. The molecular formula is C14H20O3. The second-order valence-electron chi connectivity index (χ2n) is 4.26. The molecule has 0 atom stereocenters. The van der Waals surface area contributed by atoms with E-state index >= 15 is 0 Å². The Morgan fingerprint density at radius 2 is 2.06 bits per heavy atom. The SMILES string of the molecule is CCCCCCC(=O)Oc1cc(C)ccc1O. The lowest BCUT2D eigenvalue weighted by Gasteiger charge is -2.06. The highest BCUT2D eigenvalue weighted by Crippen LogP contribution is 2.26. The maximum Gasteiger partial charge on any atom is 0.311 e. The van der Waals surface area contributed by atoms with Crippen molar-refractivity contribution in [3.8, 4) is 11.5 Å². The summed E-state index contributed by atoms with van der Waals surface area (Å²) in [6.07, 6.45) is 4.59. The third-order valence-corrected chi connectivity index (χ3v) is 2.57. The summed E-state index contributed by atoms with van der Waals surface area (Å²) in [6.45, 7) is 4.02. The second kappa shape index (κ2) is 6.94. The van der Waals surface area contributed by atoms with Crippen molar-refractivity contribution in [3.05, 3.63) is 23.8 Å². The van der Waals surface area contributed by atoms with Crippen molar-refractivity contribution in [2.24, 2.45) is 0 Å². The molecule has 0 saturated heterocycles. The number of phenolic OH excluding ortho intramolecular Hbond substituents is 1. The quantitative estimate of drug-likeness (QED) is 0.466. The van der Waals surface area contributed by atoms with Crippen LogP contribution in [0.3, 0.4) is 0 Å². The molecule has 0 amide bonds. The highest BCUT2D eigenvalue weighted by molar-refractivity contribution is 5.73. The van der Waals surface area contributed by atoms with E-state index in [4.69, 9.17) is 4.74 Å².